The van der Waals surface area contributed by atoms with Gasteiger partial charge >= 0.3 is 5.97 Å². The molecule has 21 heavy (non-hydrogen) atoms. The molecule has 3 aromatic rings. The molecule has 0 spiro atoms. The molecule has 1 aromatic carbocycles. The average Bonchev–Trinajstić information content (AvgIpc) is 3.00. The van der Waals surface area contributed by atoms with E-state index in [2.05, 4.69) is 9.97 Å². The third kappa shape index (κ3) is 2.57. The summed E-state index contributed by atoms with van der Waals surface area (Å²) in [7, 11) is 0. The van der Waals surface area contributed by atoms with Crippen LogP contribution in [0.5, 0.6) is 0 Å². The van der Waals surface area contributed by atoms with E-state index >= 15 is 0 Å². The van der Waals surface area contributed by atoms with Crippen LogP contribution in [0.15, 0.2) is 40.5 Å². The van der Waals surface area contributed by atoms with E-state index in [-0.39, 0.29) is 5.56 Å². The molecule has 0 amide bonds. The molecule has 5 nitrogen and oxygen atoms in total. The lowest BCUT2D eigenvalue weighted by atomic mass is 10.2. The summed E-state index contributed by atoms with van der Waals surface area (Å²) in [6, 6.07) is 8.60. The fraction of sp³-hybridized carbons (Fsp3) is 0.133. The maximum atomic E-state index is 12.0. The Balaban J connectivity index is 2.14. The highest BCUT2D eigenvalue weighted by Gasteiger charge is 2.11. The van der Waals surface area contributed by atoms with Gasteiger partial charge in [0.15, 0.2) is 0 Å². The Morgan fingerprint density at radius 1 is 1.38 bits per heavy atom. The van der Waals surface area contributed by atoms with Crippen molar-refractivity contribution in [3.63, 3.8) is 0 Å². The van der Waals surface area contributed by atoms with E-state index in [4.69, 9.17) is 4.74 Å². The van der Waals surface area contributed by atoms with Crippen LogP contribution in [0.4, 0.5) is 0 Å². The van der Waals surface area contributed by atoms with Crippen LogP contribution in [-0.4, -0.2) is 22.5 Å². The summed E-state index contributed by atoms with van der Waals surface area (Å²) >= 11 is 1.44. The van der Waals surface area contributed by atoms with Gasteiger partial charge in [-0.15, -0.1) is 11.3 Å². The molecule has 0 saturated carbocycles. The van der Waals surface area contributed by atoms with Crippen molar-refractivity contribution in [1.29, 1.82) is 0 Å². The van der Waals surface area contributed by atoms with Gasteiger partial charge in [0.05, 0.1) is 28.1 Å². The molecule has 6 heteroatoms. The molecule has 106 valence electrons. The highest BCUT2D eigenvalue weighted by Crippen LogP contribution is 2.21. The van der Waals surface area contributed by atoms with Crippen LogP contribution < -0.4 is 5.56 Å². The molecule has 0 radical (unpaired) electrons. The first-order valence-electron chi connectivity index (χ1n) is 6.44. The van der Waals surface area contributed by atoms with E-state index in [1.54, 1.807) is 25.1 Å². The number of hydrogen-bond donors (Lipinski definition) is 1. The second-order valence-electron chi connectivity index (χ2n) is 4.34. The van der Waals surface area contributed by atoms with Crippen molar-refractivity contribution in [3.8, 4) is 10.6 Å². The molecular weight excluding hydrogens is 288 g/mol. The first-order chi connectivity index (χ1) is 10.2. The molecule has 2 aromatic heterocycles. The predicted molar refractivity (Wildman–Crippen MR) is 81.6 cm³/mol. The van der Waals surface area contributed by atoms with E-state index in [0.717, 1.165) is 4.88 Å². The summed E-state index contributed by atoms with van der Waals surface area (Å²) in [5.41, 5.74) is 1.69. The lowest BCUT2D eigenvalue weighted by Gasteiger charge is -2.04. The summed E-state index contributed by atoms with van der Waals surface area (Å²) in [5.74, 6) is -0.398. The van der Waals surface area contributed by atoms with E-state index in [1.165, 1.54) is 11.3 Å². The van der Waals surface area contributed by atoms with E-state index in [0.29, 0.717) is 28.9 Å². The van der Waals surface area contributed by atoms with Gasteiger partial charge in [0.1, 0.15) is 5.69 Å². The molecule has 2 heterocycles. The minimum atomic E-state index is -0.398. The lowest BCUT2D eigenvalue weighted by molar-refractivity contribution is 0.0526. The lowest BCUT2D eigenvalue weighted by Crippen LogP contribution is -2.11. The number of ether oxygens (including phenoxy) is 1. The molecule has 0 aliphatic rings. The summed E-state index contributed by atoms with van der Waals surface area (Å²) < 4.78 is 4.97. The second kappa shape index (κ2) is 5.49. The average molecular weight is 300 g/mol. The number of benzene rings is 1. The topological polar surface area (TPSA) is 72.1 Å². The van der Waals surface area contributed by atoms with Crippen molar-refractivity contribution in [3.05, 3.63) is 51.6 Å². The highest BCUT2D eigenvalue weighted by atomic mass is 32.1. The van der Waals surface area contributed by atoms with E-state index in [9.17, 15) is 9.59 Å². The number of aromatic nitrogens is 2. The summed E-state index contributed by atoms with van der Waals surface area (Å²) in [6.07, 6.45) is 0. The van der Waals surface area contributed by atoms with Gasteiger partial charge in [0.25, 0.3) is 5.56 Å². The molecule has 0 saturated heterocycles. The zero-order chi connectivity index (χ0) is 14.8. The number of hydrogen-bond acceptors (Lipinski definition) is 5. The van der Waals surface area contributed by atoms with Gasteiger partial charge in [0, 0.05) is 0 Å². The fourth-order valence-electron chi connectivity index (χ4n) is 2.00. The maximum Gasteiger partial charge on any atom is 0.338 e. The van der Waals surface area contributed by atoms with Crippen LogP contribution in [0.25, 0.3) is 21.6 Å². The summed E-state index contributed by atoms with van der Waals surface area (Å²) in [6.45, 7) is 2.07. The van der Waals surface area contributed by atoms with E-state index < -0.39 is 5.97 Å². The zero-order valence-corrected chi connectivity index (χ0v) is 12.1. The van der Waals surface area contributed by atoms with Crippen molar-refractivity contribution >= 4 is 28.3 Å². The molecular formula is C15H12N2O3S. The summed E-state index contributed by atoms with van der Waals surface area (Å²) in [5, 5.41) is 1.88. The molecule has 0 bridgehead atoms. The van der Waals surface area contributed by atoms with Crippen LogP contribution in [0.1, 0.15) is 17.3 Å². The largest absolute Gasteiger partial charge is 0.462 e. The number of carbonyl (C=O) groups excluding carboxylic acids is 1. The van der Waals surface area contributed by atoms with E-state index in [1.807, 2.05) is 17.5 Å². The molecule has 3 rings (SSSR count). The second-order valence-corrected chi connectivity index (χ2v) is 5.29. The predicted octanol–water partition coefficient (Wildman–Crippen LogP) is 2.83. The van der Waals surface area contributed by atoms with Gasteiger partial charge in [0.2, 0.25) is 0 Å². The first-order valence-corrected chi connectivity index (χ1v) is 7.32. The van der Waals surface area contributed by atoms with Crippen molar-refractivity contribution in [2.75, 3.05) is 6.61 Å². The Bertz CT molecular complexity index is 853. The number of fused-ring (bicyclic) bond motifs is 1. The van der Waals surface area contributed by atoms with Gasteiger partial charge in [-0.1, -0.05) is 6.07 Å². The Morgan fingerprint density at radius 3 is 2.95 bits per heavy atom. The number of rotatable bonds is 3. The van der Waals surface area contributed by atoms with Crippen molar-refractivity contribution in [2.24, 2.45) is 0 Å². The van der Waals surface area contributed by atoms with Gasteiger partial charge in [-0.25, -0.2) is 9.78 Å². The number of thiophene rings is 1. The molecule has 1 N–H and O–H groups in total. The third-order valence-corrected chi connectivity index (χ3v) is 3.84. The van der Waals surface area contributed by atoms with Crippen LogP contribution in [0.3, 0.4) is 0 Å². The number of esters is 1. The molecule has 0 aliphatic carbocycles. The SMILES string of the molecule is CCOC(=O)c1ccc2[nH]c(=O)c(-c3cccs3)nc2c1. The Morgan fingerprint density at radius 2 is 2.24 bits per heavy atom. The number of nitrogens with zero attached hydrogens (tertiary/aromatic N) is 1. The smallest absolute Gasteiger partial charge is 0.338 e. The summed E-state index contributed by atoms with van der Waals surface area (Å²) in [4.78, 5) is 31.8. The van der Waals surface area contributed by atoms with Gasteiger partial charge < -0.3 is 9.72 Å². The van der Waals surface area contributed by atoms with Crippen LogP contribution in [0, 0.1) is 0 Å². The minimum absolute atomic E-state index is 0.242. The first kappa shape index (κ1) is 13.5. The number of aromatic amines is 1. The fourth-order valence-corrected chi connectivity index (χ4v) is 2.72. The van der Waals surface area contributed by atoms with Gasteiger partial charge in [-0.2, -0.15) is 0 Å². The molecule has 0 aliphatic heterocycles. The highest BCUT2D eigenvalue weighted by molar-refractivity contribution is 7.13. The minimum Gasteiger partial charge on any atom is -0.462 e. The molecule has 0 unspecified atom stereocenters. The van der Waals surface area contributed by atoms with Crippen molar-refractivity contribution < 1.29 is 9.53 Å². The number of carbonyl (C=O) groups is 1. The quantitative estimate of drug-likeness (QED) is 0.755. The number of H-pyrrole nitrogens is 1. The number of nitrogens with one attached hydrogen (secondary N) is 1. The normalized spacial score (nSPS) is 10.7. The van der Waals surface area contributed by atoms with Gasteiger partial charge in [-0.05, 0) is 36.6 Å². The zero-order valence-electron chi connectivity index (χ0n) is 11.3. The van der Waals surface area contributed by atoms with Gasteiger partial charge in [-0.3, -0.25) is 4.79 Å². The van der Waals surface area contributed by atoms with Crippen LogP contribution >= 0.6 is 11.3 Å². The Labute approximate surface area is 124 Å². The van der Waals surface area contributed by atoms with Crippen LogP contribution in [-0.2, 0) is 4.74 Å². The maximum absolute atomic E-state index is 12.0. The van der Waals surface area contributed by atoms with Crippen LogP contribution in [0.2, 0.25) is 0 Å². The Hall–Kier alpha value is -2.47. The molecule has 0 atom stereocenters. The standard InChI is InChI=1S/C15H12N2O3S/c1-2-20-15(19)9-5-6-10-11(8-9)16-13(14(18)17-10)12-4-3-7-21-12/h3-8H,2H2,1H3,(H,17,18). The van der Waals surface area contributed by atoms with Crippen molar-refractivity contribution in [2.45, 2.75) is 6.92 Å². The van der Waals surface area contributed by atoms with Crippen molar-refractivity contribution in [1.82, 2.24) is 9.97 Å². The third-order valence-electron chi connectivity index (χ3n) is 2.96. The molecule has 0 fully saturated rings. The monoisotopic (exact) mass is 300 g/mol. The Kier molecular flexibility index (Phi) is 3.53.